The lowest BCUT2D eigenvalue weighted by molar-refractivity contribution is -0.146. The van der Waals surface area contributed by atoms with E-state index in [1.54, 1.807) is 4.90 Å². The molecule has 2 atom stereocenters. The van der Waals surface area contributed by atoms with E-state index in [0.717, 1.165) is 34.7 Å². The van der Waals surface area contributed by atoms with Crippen molar-refractivity contribution >= 4 is 23.4 Å². The van der Waals surface area contributed by atoms with E-state index in [1.807, 2.05) is 30.0 Å². The Labute approximate surface area is 206 Å². The number of nitrogens with zero attached hydrogens (tertiary/aromatic N) is 4. The van der Waals surface area contributed by atoms with Crippen molar-refractivity contribution < 1.29 is 22.8 Å². The number of amides is 2. The van der Waals surface area contributed by atoms with Crippen LogP contribution in [-0.4, -0.2) is 63.6 Å². The Balaban J connectivity index is 1.46. The number of carbonyl (C=O) groups is 2. The van der Waals surface area contributed by atoms with Crippen LogP contribution >= 0.6 is 11.6 Å². The van der Waals surface area contributed by atoms with Crippen molar-refractivity contribution in [2.45, 2.75) is 56.9 Å². The van der Waals surface area contributed by atoms with Gasteiger partial charge in [-0.3, -0.25) is 19.2 Å². The second-order valence-electron chi connectivity index (χ2n) is 9.57. The van der Waals surface area contributed by atoms with Gasteiger partial charge in [0.25, 0.3) is 0 Å². The minimum absolute atomic E-state index is 0.0349. The lowest BCUT2D eigenvalue weighted by Gasteiger charge is -2.37. The van der Waals surface area contributed by atoms with Crippen molar-refractivity contribution in [1.82, 2.24) is 24.9 Å². The third kappa shape index (κ3) is 4.78. The lowest BCUT2D eigenvalue weighted by Crippen LogP contribution is -2.53. The molecule has 7 nitrogen and oxygen atoms in total. The summed E-state index contributed by atoms with van der Waals surface area (Å²) in [5.74, 6) is -0.505. The molecule has 2 saturated heterocycles. The second kappa shape index (κ2) is 9.13. The molecule has 35 heavy (non-hydrogen) atoms. The SMILES string of the molecule is Cc1cccc([C@H]2[C@@H](N3CCNC(=O)C3)CCN2C(=O)Cn2nc(C3CC3)cc2C(F)(F)F)c1Cl. The minimum atomic E-state index is -4.60. The molecule has 1 saturated carbocycles. The maximum absolute atomic E-state index is 13.7. The molecule has 2 aliphatic heterocycles. The van der Waals surface area contributed by atoms with Gasteiger partial charge < -0.3 is 10.2 Å². The van der Waals surface area contributed by atoms with Crippen molar-refractivity contribution in [3.05, 3.63) is 51.8 Å². The molecule has 1 aliphatic carbocycles. The molecule has 0 spiro atoms. The number of aryl methyl sites for hydroxylation is 1. The van der Waals surface area contributed by atoms with E-state index in [1.165, 1.54) is 0 Å². The molecule has 2 amide bonds. The van der Waals surface area contributed by atoms with Gasteiger partial charge in [-0.05, 0) is 43.4 Å². The van der Waals surface area contributed by atoms with Gasteiger partial charge in [0.15, 0.2) is 0 Å². The van der Waals surface area contributed by atoms with Crippen molar-refractivity contribution in [3.8, 4) is 0 Å². The number of carbonyl (C=O) groups excluding carboxylic acids is 2. The Morgan fingerprint density at radius 2 is 2.00 bits per heavy atom. The number of rotatable bonds is 5. The topological polar surface area (TPSA) is 70.5 Å². The summed E-state index contributed by atoms with van der Waals surface area (Å²) in [6, 6.07) is 5.99. The largest absolute Gasteiger partial charge is 0.433 e. The molecular formula is C24H27ClF3N5O2. The number of hydrogen-bond donors (Lipinski definition) is 1. The van der Waals surface area contributed by atoms with Crippen LogP contribution in [0.25, 0.3) is 0 Å². The van der Waals surface area contributed by atoms with Gasteiger partial charge in [0.05, 0.1) is 18.3 Å². The third-order valence-corrected chi connectivity index (χ3v) is 7.65. The van der Waals surface area contributed by atoms with Crippen molar-refractivity contribution in [2.24, 2.45) is 0 Å². The summed E-state index contributed by atoms with van der Waals surface area (Å²) in [6.45, 7) is 3.05. The van der Waals surface area contributed by atoms with Gasteiger partial charge in [-0.15, -0.1) is 0 Å². The molecule has 3 aliphatic rings. The molecule has 1 N–H and O–H groups in total. The predicted molar refractivity (Wildman–Crippen MR) is 123 cm³/mol. The Bertz CT molecular complexity index is 1150. The van der Waals surface area contributed by atoms with Gasteiger partial charge >= 0.3 is 6.18 Å². The van der Waals surface area contributed by atoms with E-state index in [4.69, 9.17) is 11.6 Å². The van der Waals surface area contributed by atoms with Gasteiger partial charge in [0.2, 0.25) is 11.8 Å². The fourth-order valence-electron chi connectivity index (χ4n) is 5.24. The molecule has 2 aromatic rings. The number of benzene rings is 1. The molecular weight excluding hydrogens is 483 g/mol. The van der Waals surface area contributed by atoms with Crippen LogP contribution in [0.1, 0.15) is 53.7 Å². The molecule has 0 bridgehead atoms. The highest BCUT2D eigenvalue weighted by atomic mass is 35.5. The molecule has 0 unspecified atom stereocenters. The average molecular weight is 510 g/mol. The van der Waals surface area contributed by atoms with Crippen LogP contribution in [-0.2, 0) is 22.3 Å². The van der Waals surface area contributed by atoms with E-state index < -0.39 is 30.4 Å². The van der Waals surface area contributed by atoms with Crippen LogP contribution in [0.5, 0.6) is 0 Å². The maximum Gasteiger partial charge on any atom is 0.433 e. The van der Waals surface area contributed by atoms with Gasteiger partial charge in [-0.2, -0.15) is 18.3 Å². The van der Waals surface area contributed by atoms with Gasteiger partial charge in [0.1, 0.15) is 12.2 Å². The highest BCUT2D eigenvalue weighted by Crippen LogP contribution is 2.42. The minimum Gasteiger partial charge on any atom is -0.354 e. The Kier molecular flexibility index (Phi) is 6.29. The highest BCUT2D eigenvalue weighted by molar-refractivity contribution is 6.32. The lowest BCUT2D eigenvalue weighted by atomic mass is 9.96. The van der Waals surface area contributed by atoms with Crippen LogP contribution in [0, 0.1) is 6.92 Å². The first-order valence-electron chi connectivity index (χ1n) is 11.8. The van der Waals surface area contributed by atoms with E-state index >= 15 is 0 Å². The molecule has 11 heteroatoms. The van der Waals surface area contributed by atoms with Gasteiger partial charge in [-0.1, -0.05) is 29.8 Å². The Morgan fingerprint density at radius 1 is 1.23 bits per heavy atom. The highest BCUT2D eigenvalue weighted by Gasteiger charge is 2.44. The molecule has 3 heterocycles. The van der Waals surface area contributed by atoms with Crippen LogP contribution in [0.4, 0.5) is 13.2 Å². The zero-order chi connectivity index (χ0) is 24.9. The zero-order valence-corrected chi connectivity index (χ0v) is 20.1. The first-order chi connectivity index (χ1) is 16.6. The normalized spacial score (nSPS) is 23.6. The Morgan fingerprint density at radius 3 is 2.69 bits per heavy atom. The quantitative estimate of drug-likeness (QED) is 0.669. The molecule has 188 valence electrons. The molecule has 1 aromatic carbocycles. The van der Waals surface area contributed by atoms with E-state index in [2.05, 4.69) is 10.4 Å². The molecule has 5 rings (SSSR count). The van der Waals surface area contributed by atoms with E-state index in [9.17, 15) is 22.8 Å². The van der Waals surface area contributed by atoms with Crippen LogP contribution in [0.3, 0.4) is 0 Å². The van der Waals surface area contributed by atoms with Crippen LogP contribution < -0.4 is 5.32 Å². The molecule has 0 radical (unpaired) electrons. The average Bonchev–Trinajstić information content (AvgIpc) is 3.40. The summed E-state index contributed by atoms with van der Waals surface area (Å²) < 4.78 is 41.9. The second-order valence-corrected chi connectivity index (χ2v) is 9.95. The first kappa shape index (κ1) is 24.1. The number of hydrogen-bond acceptors (Lipinski definition) is 4. The van der Waals surface area contributed by atoms with Gasteiger partial charge in [0, 0.05) is 36.6 Å². The maximum atomic E-state index is 13.7. The standard InChI is InChI=1S/C24H27ClF3N5O2/c1-14-3-2-4-16(22(14)25)23-18(31-10-8-29-20(34)12-31)7-9-32(23)21(35)13-33-19(24(26,27)28)11-17(30-33)15-5-6-15/h2-4,11,15,18,23H,5-10,12-13H2,1H3,(H,29,34)/t18-,23-/m0/s1. The summed E-state index contributed by atoms with van der Waals surface area (Å²) in [6.07, 6.45) is -2.39. The molecule has 1 aromatic heterocycles. The number of halogens is 4. The number of aromatic nitrogens is 2. The van der Waals surface area contributed by atoms with E-state index in [-0.39, 0.29) is 24.4 Å². The summed E-state index contributed by atoms with van der Waals surface area (Å²) in [5.41, 5.74) is 1.08. The van der Waals surface area contributed by atoms with Crippen LogP contribution in [0.2, 0.25) is 5.02 Å². The summed E-state index contributed by atoms with van der Waals surface area (Å²) >= 11 is 6.66. The summed E-state index contributed by atoms with van der Waals surface area (Å²) in [4.78, 5) is 29.2. The number of piperazine rings is 1. The number of nitrogens with one attached hydrogen (secondary N) is 1. The van der Waals surface area contributed by atoms with Crippen LogP contribution in [0.15, 0.2) is 24.3 Å². The summed E-state index contributed by atoms with van der Waals surface area (Å²) in [5, 5.41) is 7.49. The fourth-order valence-corrected chi connectivity index (χ4v) is 5.47. The number of likely N-dealkylation sites (tertiary alicyclic amines) is 1. The Hall–Kier alpha value is -2.59. The fraction of sp³-hybridized carbons (Fsp3) is 0.542. The monoisotopic (exact) mass is 509 g/mol. The third-order valence-electron chi connectivity index (χ3n) is 7.13. The number of alkyl halides is 3. The van der Waals surface area contributed by atoms with Crippen molar-refractivity contribution in [3.63, 3.8) is 0 Å². The first-order valence-corrected chi connectivity index (χ1v) is 12.2. The van der Waals surface area contributed by atoms with Crippen molar-refractivity contribution in [1.29, 1.82) is 0 Å². The van der Waals surface area contributed by atoms with Gasteiger partial charge in [-0.25, -0.2) is 0 Å². The predicted octanol–water partition coefficient (Wildman–Crippen LogP) is 3.52. The zero-order valence-electron chi connectivity index (χ0n) is 19.3. The van der Waals surface area contributed by atoms with E-state index in [0.29, 0.717) is 36.8 Å². The summed E-state index contributed by atoms with van der Waals surface area (Å²) in [7, 11) is 0. The molecule has 3 fully saturated rings. The van der Waals surface area contributed by atoms with Crippen molar-refractivity contribution in [2.75, 3.05) is 26.2 Å². The smallest absolute Gasteiger partial charge is 0.354 e.